The summed E-state index contributed by atoms with van der Waals surface area (Å²) >= 11 is 0. The minimum absolute atomic E-state index is 0.00700. The van der Waals surface area contributed by atoms with E-state index in [9.17, 15) is 4.79 Å². The first-order chi connectivity index (χ1) is 13.1. The molecule has 0 saturated heterocycles. The van der Waals surface area contributed by atoms with Crippen LogP contribution in [0.5, 0.6) is 0 Å². The highest BCUT2D eigenvalue weighted by atomic mass is 16.2. The van der Waals surface area contributed by atoms with E-state index >= 15 is 0 Å². The summed E-state index contributed by atoms with van der Waals surface area (Å²) in [6.07, 6.45) is 5.50. The lowest BCUT2D eigenvalue weighted by Crippen LogP contribution is -2.17. The Kier molecular flexibility index (Phi) is 3.47. The van der Waals surface area contributed by atoms with Crippen LogP contribution in [0, 0.1) is 5.92 Å². The zero-order valence-corrected chi connectivity index (χ0v) is 15.2. The first-order valence-corrected chi connectivity index (χ1v) is 9.20. The Morgan fingerprint density at radius 1 is 1.04 bits per heavy atom. The van der Waals surface area contributed by atoms with Gasteiger partial charge in [-0.2, -0.15) is 0 Å². The monoisotopic (exact) mass is 359 g/mol. The van der Waals surface area contributed by atoms with Crippen molar-refractivity contribution in [1.29, 1.82) is 0 Å². The van der Waals surface area contributed by atoms with Crippen LogP contribution in [0.3, 0.4) is 0 Å². The molecule has 0 fully saturated rings. The van der Waals surface area contributed by atoms with Crippen molar-refractivity contribution in [3.05, 3.63) is 66.2 Å². The molecule has 1 amide bonds. The Bertz CT molecular complexity index is 1010. The van der Waals surface area contributed by atoms with Crippen LogP contribution in [-0.4, -0.2) is 15.5 Å². The smallest absolute Gasteiger partial charge is 0.232 e. The number of nitrogens with zero attached hydrogens (tertiary/aromatic N) is 2. The van der Waals surface area contributed by atoms with Gasteiger partial charge in [-0.3, -0.25) is 4.79 Å². The van der Waals surface area contributed by atoms with E-state index in [1.165, 1.54) is 0 Å². The molecule has 0 bridgehead atoms. The zero-order chi connectivity index (χ0) is 18.5. The van der Waals surface area contributed by atoms with Gasteiger partial charge in [0.2, 0.25) is 5.91 Å². The van der Waals surface area contributed by atoms with Crippen molar-refractivity contribution in [2.75, 3.05) is 16.0 Å². The van der Waals surface area contributed by atoms with Crippen molar-refractivity contribution < 1.29 is 4.79 Å². The van der Waals surface area contributed by atoms with Gasteiger partial charge >= 0.3 is 0 Å². The second-order valence-electron chi connectivity index (χ2n) is 7.48. The molecular weight excluding hydrogens is 338 g/mol. The molecule has 2 unspecified atom stereocenters. The lowest BCUT2D eigenvalue weighted by Gasteiger charge is -2.14. The molecular formula is C21H21N5O. The molecule has 3 N–H and O–H groups in total. The Morgan fingerprint density at radius 3 is 2.44 bits per heavy atom. The highest BCUT2D eigenvalue weighted by Crippen LogP contribution is 2.45. The maximum atomic E-state index is 12.3. The third-order valence-electron chi connectivity index (χ3n) is 5.36. The van der Waals surface area contributed by atoms with Crippen molar-refractivity contribution in [2.24, 2.45) is 5.92 Å². The average Bonchev–Trinajstić information content (AvgIpc) is 3.37. The van der Waals surface area contributed by atoms with E-state index < -0.39 is 0 Å². The summed E-state index contributed by atoms with van der Waals surface area (Å²) in [5.74, 6) is 0.279. The molecule has 2 aliphatic rings. The first-order valence-electron chi connectivity index (χ1n) is 9.20. The Labute approximate surface area is 157 Å². The second kappa shape index (κ2) is 5.87. The van der Waals surface area contributed by atoms with Gasteiger partial charge in [-0.25, -0.2) is 4.98 Å². The number of carbonyl (C=O) groups is 1. The summed E-state index contributed by atoms with van der Waals surface area (Å²) in [6.45, 7) is 4.17. The van der Waals surface area contributed by atoms with Crippen LogP contribution in [0.2, 0.25) is 0 Å². The van der Waals surface area contributed by atoms with Crippen LogP contribution in [-0.2, 0) is 4.79 Å². The van der Waals surface area contributed by atoms with Crippen molar-refractivity contribution in [1.82, 2.24) is 9.55 Å². The maximum Gasteiger partial charge on any atom is 0.232 e. The van der Waals surface area contributed by atoms with Crippen LogP contribution >= 0.6 is 0 Å². The molecule has 3 heterocycles. The standard InChI is InChI=1S/C21H21N5O/c1-12(2)19-15-9-17-18(10-16(15)25-21(19)27)24-20(23-17)13-3-5-14(6-4-13)26-8-7-22-11-26/h3-12,19-20,23-24H,1-2H3,(H,25,27). The molecule has 6 heteroatoms. The minimum Gasteiger partial charge on any atom is -0.360 e. The summed E-state index contributed by atoms with van der Waals surface area (Å²) in [4.78, 5) is 16.3. The van der Waals surface area contributed by atoms with Gasteiger partial charge in [-0.05, 0) is 41.3 Å². The van der Waals surface area contributed by atoms with E-state index in [2.05, 4.69) is 65.1 Å². The molecule has 0 saturated carbocycles. The van der Waals surface area contributed by atoms with Crippen LogP contribution in [0.15, 0.2) is 55.1 Å². The van der Waals surface area contributed by atoms with E-state index in [4.69, 9.17) is 0 Å². The zero-order valence-electron chi connectivity index (χ0n) is 15.2. The number of fused-ring (bicyclic) bond motifs is 2. The highest BCUT2D eigenvalue weighted by molar-refractivity contribution is 6.05. The Morgan fingerprint density at radius 2 is 1.78 bits per heavy atom. The van der Waals surface area contributed by atoms with Crippen LogP contribution in [0.4, 0.5) is 17.1 Å². The van der Waals surface area contributed by atoms with Gasteiger partial charge in [0.05, 0.1) is 23.6 Å². The van der Waals surface area contributed by atoms with Gasteiger partial charge in [-0.1, -0.05) is 26.0 Å². The number of amides is 1. The van der Waals surface area contributed by atoms with Crippen molar-refractivity contribution in [3.8, 4) is 5.69 Å². The van der Waals surface area contributed by atoms with Crippen LogP contribution in [0.1, 0.15) is 37.1 Å². The second-order valence-corrected chi connectivity index (χ2v) is 7.48. The van der Waals surface area contributed by atoms with Crippen LogP contribution < -0.4 is 16.0 Å². The first kappa shape index (κ1) is 15.9. The van der Waals surface area contributed by atoms with E-state index in [-0.39, 0.29) is 23.9 Å². The molecule has 0 radical (unpaired) electrons. The van der Waals surface area contributed by atoms with Crippen molar-refractivity contribution in [3.63, 3.8) is 0 Å². The topological polar surface area (TPSA) is 71.0 Å². The lowest BCUT2D eigenvalue weighted by molar-refractivity contribution is -0.117. The predicted octanol–water partition coefficient (Wildman–Crippen LogP) is 4.10. The summed E-state index contributed by atoms with van der Waals surface area (Å²) < 4.78 is 1.98. The molecule has 3 aromatic rings. The van der Waals surface area contributed by atoms with Gasteiger partial charge in [-0.15, -0.1) is 0 Å². The molecule has 1 aromatic heterocycles. The highest BCUT2D eigenvalue weighted by Gasteiger charge is 2.35. The van der Waals surface area contributed by atoms with E-state index in [1.54, 1.807) is 12.5 Å². The van der Waals surface area contributed by atoms with Gasteiger partial charge in [0, 0.05) is 23.8 Å². The quantitative estimate of drug-likeness (QED) is 0.658. The van der Waals surface area contributed by atoms with E-state index in [0.29, 0.717) is 0 Å². The number of rotatable bonds is 3. The van der Waals surface area contributed by atoms with Crippen molar-refractivity contribution in [2.45, 2.75) is 25.9 Å². The van der Waals surface area contributed by atoms with E-state index in [0.717, 1.165) is 33.9 Å². The molecule has 27 heavy (non-hydrogen) atoms. The SMILES string of the molecule is CC(C)C1C(=O)Nc2cc3c(cc21)NC(c1ccc(-n2ccnc2)cc1)N3. The number of carbonyl (C=O) groups excluding carboxylic acids is 1. The lowest BCUT2D eigenvalue weighted by atomic mass is 9.89. The normalized spacial score (nSPS) is 20.0. The number of hydrogen-bond acceptors (Lipinski definition) is 4. The van der Waals surface area contributed by atoms with Crippen LogP contribution in [0.25, 0.3) is 5.69 Å². The summed E-state index contributed by atoms with van der Waals surface area (Å²) in [5.41, 5.74) is 6.29. The molecule has 2 aromatic carbocycles. The fourth-order valence-electron chi connectivity index (χ4n) is 4.00. The predicted molar refractivity (Wildman–Crippen MR) is 106 cm³/mol. The molecule has 136 valence electrons. The number of anilines is 3. The number of aromatic nitrogens is 2. The summed E-state index contributed by atoms with van der Waals surface area (Å²) in [7, 11) is 0. The molecule has 0 spiro atoms. The van der Waals surface area contributed by atoms with Gasteiger partial charge in [0.15, 0.2) is 0 Å². The summed E-state index contributed by atoms with van der Waals surface area (Å²) in [5, 5.41) is 10.1. The fraction of sp³-hybridized carbons (Fsp3) is 0.238. The number of nitrogens with one attached hydrogen (secondary N) is 3. The average molecular weight is 359 g/mol. The number of hydrogen-bond donors (Lipinski definition) is 3. The largest absolute Gasteiger partial charge is 0.360 e. The van der Waals surface area contributed by atoms with Gasteiger partial charge in [0.25, 0.3) is 0 Å². The van der Waals surface area contributed by atoms with Gasteiger partial charge < -0.3 is 20.5 Å². The number of benzene rings is 2. The fourth-order valence-corrected chi connectivity index (χ4v) is 4.00. The Hall–Kier alpha value is -3.28. The molecule has 5 rings (SSSR count). The minimum atomic E-state index is -0.0828. The molecule has 2 atom stereocenters. The van der Waals surface area contributed by atoms with E-state index in [1.807, 2.05) is 16.8 Å². The third kappa shape index (κ3) is 2.56. The summed E-state index contributed by atoms with van der Waals surface area (Å²) in [6, 6.07) is 12.5. The molecule has 2 aliphatic heterocycles. The Balaban J connectivity index is 1.41. The molecule has 0 aliphatic carbocycles. The number of imidazole rings is 1. The van der Waals surface area contributed by atoms with Crippen molar-refractivity contribution >= 4 is 23.0 Å². The third-order valence-corrected chi connectivity index (χ3v) is 5.36. The maximum absolute atomic E-state index is 12.3. The molecule has 6 nitrogen and oxygen atoms in total. The van der Waals surface area contributed by atoms with Gasteiger partial charge in [0.1, 0.15) is 6.17 Å².